The highest BCUT2D eigenvalue weighted by molar-refractivity contribution is 7.90. The molecule has 0 radical (unpaired) electrons. The Kier molecular flexibility index (Phi) is 8.14. The fourth-order valence-corrected chi connectivity index (χ4v) is 4.38. The molecule has 0 aromatic carbocycles. The molecule has 3 N–H and O–H groups in total. The third-order valence-corrected chi connectivity index (χ3v) is 7.10. The second-order valence-electron chi connectivity index (χ2n) is 9.28. The summed E-state index contributed by atoms with van der Waals surface area (Å²) < 4.78 is 48.6. The highest BCUT2D eigenvalue weighted by Crippen LogP contribution is 2.41. The van der Waals surface area contributed by atoms with Crippen LogP contribution in [-0.2, 0) is 22.5 Å². The number of alkyl halides is 2. The number of nitrogens with one attached hydrogen (secondary N) is 2. The van der Waals surface area contributed by atoms with Gasteiger partial charge in [-0.05, 0) is 57.6 Å². The summed E-state index contributed by atoms with van der Waals surface area (Å²) in [5.41, 5.74) is 1.87. The third-order valence-electron chi connectivity index (χ3n) is 5.61. The van der Waals surface area contributed by atoms with Crippen molar-refractivity contribution in [3.63, 3.8) is 0 Å². The molecular weight excluding hydrogens is 456 g/mol. The van der Waals surface area contributed by atoms with Crippen LogP contribution in [0.15, 0.2) is 18.5 Å². The lowest BCUT2D eigenvalue weighted by molar-refractivity contribution is -0.0495. The van der Waals surface area contributed by atoms with Crippen molar-refractivity contribution >= 4 is 23.1 Å². The average Bonchev–Trinajstić information content (AvgIpc) is 3.14. The van der Waals surface area contributed by atoms with Crippen molar-refractivity contribution in [1.82, 2.24) is 24.6 Å². The molecule has 1 fully saturated rings. The van der Waals surface area contributed by atoms with Crippen molar-refractivity contribution in [2.45, 2.75) is 69.6 Å². The molecule has 33 heavy (non-hydrogen) atoms. The Labute approximate surface area is 194 Å². The van der Waals surface area contributed by atoms with Gasteiger partial charge in [-0.15, -0.1) is 4.72 Å². The second kappa shape index (κ2) is 10.5. The van der Waals surface area contributed by atoms with Crippen molar-refractivity contribution < 1.29 is 28.0 Å². The first-order valence-electron chi connectivity index (χ1n) is 10.9. The minimum absolute atomic E-state index is 0.163. The second-order valence-corrected chi connectivity index (χ2v) is 11.3. The Bertz CT molecular complexity index is 942. The minimum atomic E-state index is -2.70. The maximum Gasteiger partial charge on any atom is 0.405 e. The zero-order valence-corrected chi connectivity index (χ0v) is 19.8. The van der Waals surface area contributed by atoms with Crippen molar-refractivity contribution in [3.8, 4) is 0 Å². The number of nitrogens with zero attached hydrogens (tertiary/aromatic N) is 3. The van der Waals surface area contributed by atoms with Gasteiger partial charge in [0, 0.05) is 24.2 Å². The molecule has 0 saturated heterocycles. The molecule has 2 aromatic rings. The molecule has 0 aliphatic heterocycles. The number of amides is 1. The quantitative estimate of drug-likeness (QED) is 0.281. The molecule has 3 rings (SSSR count). The van der Waals surface area contributed by atoms with Crippen LogP contribution in [-0.4, -0.2) is 54.4 Å². The lowest BCUT2D eigenvalue weighted by Crippen LogP contribution is -2.40. The topological polar surface area (TPSA) is 124 Å². The number of ether oxygens (including phenoxy) is 1. The Hall–Kier alpha value is -2.02. The van der Waals surface area contributed by atoms with E-state index in [-0.39, 0.29) is 43.1 Å². The monoisotopic (exact) mass is 487 g/mol. The van der Waals surface area contributed by atoms with E-state index < -0.39 is 29.4 Å². The Balaban J connectivity index is 1.62. The summed E-state index contributed by atoms with van der Waals surface area (Å²) in [6, 6.07) is 1.15. The molecule has 1 unspecified atom stereocenters. The molecule has 0 bridgehead atoms. The number of imidazole rings is 1. The lowest BCUT2D eigenvalue weighted by Gasteiger charge is -2.32. The molecule has 1 aliphatic rings. The van der Waals surface area contributed by atoms with Crippen LogP contribution in [0.25, 0.3) is 5.65 Å². The maximum atomic E-state index is 13.6. The number of hydrogen-bond acceptors (Lipinski definition) is 6. The van der Waals surface area contributed by atoms with Crippen LogP contribution in [0.4, 0.5) is 13.6 Å². The highest BCUT2D eigenvalue weighted by Gasteiger charge is 2.39. The lowest BCUT2D eigenvalue weighted by atomic mass is 9.81. The van der Waals surface area contributed by atoms with Crippen LogP contribution in [0.3, 0.4) is 0 Å². The van der Waals surface area contributed by atoms with E-state index in [0.717, 1.165) is 5.56 Å². The molecule has 184 valence electrons. The molecule has 2 heterocycles. The molecule has 9 nitrogen and oxygen atoms in total. The van der Waals surface area contributed by atoms with Gasteiger partial charge in [-0.25, -0.2) is 23.1 Å². The van der Waals surface area contributed by atoms with E-state index in [1.54, 1.807) is 16.9 Å². The summed E-state index contributed by atoms with van der Waals surface area (Å²) in [6.07, 6.45) is 2.56. The SMILES string of the molecule is CC(C)(C)[S+]([O-])NCOCCc1cnn2cc([C@@H](NC(=O)O)C3CCC(F)(F)CC3)nc2c1. The summed E-state index contributed by atoms with van der Waals surface area (Å²) in [6.45, 7) is 6.16. The van der Waals surface area contributed by atoms with E-state index in [1.165, 1.54) is 0 Å². The van der Waals surface area contributed by atoms with Crippen molar-refractivity contribution in [1.29, 1.82) is 0 Å². The Morgan fingerprint density at radius 2 is 2.12 bits per heavy atom. The van der Waals surface area contributed by atoms with Crippen LogP contribution in [0.2, 0.25) is 0 Å². The van der Waals surface area contributed by atoms with Crippen LogP contribution >= 0.6 is 0 Å². The summed E-state index contributed by atoms with van der Waals surface area (Å²) in [7, 11) is 0. The predicted octanol–water partition coefficient (Wildman–Crippen LogP) is 3.43. The molecular formula is C21H31F2N5O4S. The van der Waals surface area contributed by atoms with Gasteiger partial charge in [-0.1, -0.05) is 0 Å². The van der Waals surface area contributed by atoms with Crippen molar-refractivity contribution in [2.75, 3.05) is 13.3 Å². The molecule has 2 atom stereocenters. The fourth-order valence-electron chi connectivity index (χ4n) is 3.76. The minimum Gasteiger partial charge on any atom is -0.598 e. The van der Waals surface area contributed by atoms with Gasteiger partial charge in [0.2, 0.25) is 5.92 Å². The summed E-state index contributed by atoms with van der Waals surface area (Å²) in [5, 5.41) is 16.1. The number of carboxylic acid groups (broad SMARTS) is 1. The largest absolute Gasteiger partial charge is 0.598 e. The maximum absolute atomic E-state index is 13.6. The normalized spacial score (nSPS) is 18.8. The first kappa shape index (κ1) is 25.6. The van der Waals surface area contributed by atoms with E-state index in [0.29, 0.717) is 24.4 Å². The molecule has 12 heteroatoms. The molecule has 0 spiro atoms. The first-order valence-corrected chi connectivity index (χ1v) is 12.0. The van der Waals surface area contributed by atoms with Crippen LogP contribution < -0.4 is 10.0 Å². The molecule has 2 aromatic heterocycles. The van der Waals surface area contributed by atoms with Crippen LogP contribution in [0.1, 0.15) is 63.8 Å². The van der Waals surface area contributed by atoms with E-state index in [9.17, 15) is 23.2 Å². The van der Waals surface area contributed by atoms with Gasteiger partial charge in [0.05, 0.1) is 30.7 Å². The van der Waals surface area contributed by atoms with Gasteiger partial charge in [-0.2, -0.15) is 5.10 Å². The number of carbonyl (C=O) groups is 1. The van der Waals surface area contributed by atoms with Gasteiger partial charge in [0.1, 0.15) is 11.5 Å². The third kappa shape index (κ3) is 7.23. The van der Waals surface area contributed by atoms with Gasteiger partial charge in [0.15, 0.2) is 5.65 Å². The Morgan fingerprint density at radius 3 is 2.76 bits per heavy atom. The van der Waals surface area contributed by atoms with Crippen LogP contribution in [0.5, 0.6) is 0 Å². The highest BCUT2D eigenvalue weighted by atomic mass is 32.2. The number of hydrogen-bond donors (Lipinski definition) is 3. The van der Waals surface area contributed by atoms with Crippen molar-refractivity contribution in [2.24, 2.45) is 5.92 Å². The molecule has 1 saturated carbocycles. The van der Waals surface area contributed by atoms with Gasteiger partial charge < -0.3 is 19.7 Å². The van der Waals surface area contributed by atoms with Gasteiger partial charge in [-0.3, -0.25) is 0 Å². The molecule has 1 aliphatic carbocycles. The van der Waals surface area contributed by atoms with Crippen LogP contribution in [0, 0.1) is 5.92 Å². The zero-order valence-electron chi connectivity index (χ0n) is 19.0. The first-order chi connectivity index (χ1) is 15.4. The number of rotatable bonds is 9. The number of fused-ring (bicyclic) bond motifs is 1. The number of halogens is 2. The molecule has 1 amide bonds. The summed E-state index contributed by atoms with van der Waals surface area (Å²) in [4.78, 5) is 15.9. The van der Waals surface area contributed by atoms with E-state index in [1.807, 2.05) is 26.8 Å². The number of aromatic nitrogens is 3. The van der Waals surface area contributed by atoms with E-state index in [2.05, 4.69) is 20.1 Å². The fraction of sp³-hybridized carbons (Fsp3) is 0.667. The Morgan fingerprint density at radius 1 is 1.42 bits per heavy atom. The van der Waals surface area contributed by atoms with E-state index >= 15 is 0 Å². The standard InChI is InChI=1S/C21H31F2N5O4S/c1-20(2,3)33(31)25-13-32-9-6-14-10-17-26-16(12-28(17)24-11-14)18(27-19(29)30)15-4-7-21(22,23)8-5-15/h10-12,15,18,25,27H,4-9,13H2,1-3H3,(H,29,30)/t18-,33?/m0/s1. The van der Waals surface area contributed by atoms with Gasteiger partial charge >= 0.3 is 6.09 Å². The van der Waals surface area contributed by atoms with E-state index in [4.69, 9.17) is 4.74 Å². The predicted molar refractivity (Wildman–Crippen MR) is 119 cm³/mol. The zero-order chi connectivity index (χ0) is 24.2. The smallest absolute Gasteiger partial charge is 0.405 e. The summed E-state index contributed by atoms with van der Waals surface area (Å²) in [5.74, 6) is -2.95. The van der Waals surface area contributed by atoms with Crippen molar-refractivity contribution in [3.05, 3.63) is 29.7 Å². The average molecular weight is 488 g/mol. The summed E-state index contributed by atoms with van der Waals surface area (Å²) >= 11 is -1.21. The van der Waals surface area contributed by atoms with Gasteiger partial charge in [0.25, 0.3) is 0 Å².